The Morgan fingerprint density at radius 2 is 1.79 bits per heavy atom. The molecule has 24 heavy (non-hydrogen) atoms. The van der Waals surface area contributed by atoms with Crippen molar-refractivity contribution in [2.45, 2.75) is 26.8 Å². The van der Waals surface area contributed by atoms with Crippen LogP contribution >= 0.6 is 0 Å². The van der Waals surface area contributed by atoms with Gasteiger partial charge in [0.25, 0.3) is 0 Å². The third-order valence-electron chi connectivity index (χ3n) is 4.49. The number of fused-ring (bicyclic) bond motifs is 4. The van der Waals surface area contributed by atoms with Crippen molar-refractivity contribution in [2.24, 2.45) is 5.92 Å². The summed E-state index contributed by atoms with van der Waals surface area (Å²) in [5.74, 6) is 1.49. The fourth-order valence-electron chi connectivity index (χ4n) is 3.15. The van der Waals surface area contributed by atoms with E-state index in [4.69, 9.17) is 14.7 Å². The smallest absolute Gasteiger partial charge is 0.160 e. The number of hydrogen-bond acceptors (Lipinski definition) is 3. The molecule has 4 nitrogen and oxygen atoms in total. The number of aryl methyl sites for hydroxylation is 1. The van der Waals surface area contributed by atoms with E-state index in [1.54, 1.807) is 7.11 Å². The highest BCUT2D eigenvalue weighted by Gasteiger charge is 2.15. The minimum Gasteiger partial charge on any atom is -0.497 e. The fraction of sp³-hybridized carbons (Fsp3) is 0.300. The molecule has 0 saturated carbocycles. The van der Waals surface area contributed by atoms with Crippen molar-refractivity contribution in [3.05, 3.63) is 42.5 Å². The van der Waals surface area contributed by atoms with Gasteiger partial charge in [-0.25, -0.2) is 9.97 Å². The lowest BCUT2D eigenvalue weighted by molar-refractivity contribution is 0.415. The molecule has 0 aliphatic heterocycles. The zero-order valence-corrected chi connectivity index (χ0v) is 14.3. The highest BCUT2D eigenvalue weighted by Crippen LogP contribution is 2.31. The summed E-state index contributed by atoms with van der Waals surface area (Å²) in [7, 11) is 1.69. The molecule has 0 aliphatic rings. The predicted octanol–water partition coefficient (Wildman–Crippen LogP) is 4.79. The summed E-state index contributed by atoms with van der Waals surface area (Å²) in [5, 5.41) is 1.10. The largest absolute Gasteiger partial charge is 0.497 e. The van der Waals surface area contributed by atoms with Crippen LogP contribution in [0.25, 0.3) is 33.1 Å². The number of benzene rings is 2. The van der Waals surface area contributed by atoms with Crippen molar-refractivity contribution in [1.29, 1.82) is 0 Å². The highest BCUT2D eigenvalue weighted by atomic mass is 16.5. The lowest BCUT2D eigenvalue weighted by Crippen LogP contribution is -2.02. The Bertz CT molecular complexity index is 1030. The first-order valence-electron chi connectivity index (χ1n) is 8.40. The van der Waals surface area contributed by atoms with Crippen LogP contribution in [0.3, 0.4) is 0 Å². The standard InChI is InChI=1S/C20H21N3O/c1-13(2)10-11-23-18-9-8-14(24-3)12-15(18)19-20(23)22-17-7-5-4-6-16(17)21-19/h4-9,12-13H,10-11H2,1-3H3. The first-order chi connectivity index (χ1) is 11.7. The quantitative estimate of drug-likeness (QED) is 0.543. The molecule has 0 aliphatic carbocycles. The minimum atomic E-state index is 0.643. The second-order valence-corrected chi connectivity index (χ2v) is 6.60. The molecule has 2 heterocycles. The van der Waals surface area contributed by atoms with E-state index in [0.29, 0.717) is 5.92 Å². The van der Waals surface area contributed by atoms with Crippen LogP contribution in [-0.2, 0) is 6.54 Å². The molecule has 0 amide bonds. The Morgan fingerprint density at radius 1 is 1.04 bits per heavy atom. The van der Waals surface area contributed by atoms with Gasteiger partial charge in [0.1, 0.15) is 11.3 Å². The summed E-state index contributed by atoms with van der Waals surface area (Å²) in [5.41, 5.74) is 4.94. The molecule has 0 bridgehead atoms. The summed E-state index contributed by atoms with van der Waals surface area (Å²) in [4.78, 5) is 9.80. The van der Waals surface area contributed by atoms with Crippen molar-refractivity contribution in [3.8, 4) is 5.75 Å². The van der Waals surface area contributed by atoms with Crippen LogP contribution in [0, 0.1) is 5.92 Å². The average Bonchev–Trinajstić information content (AvgIpc) is 2.90. The van der Waals surface area contributed by atoms with E-state index < -0.39 is 0 Å². The Kier molecular flexibility index (Phi) is 3.60. The number of hydrogen-bond donors (Lipinski definition) is 0. The van der Waals surface area contributed by atoms with Crippen LogP contribution in [0.4, 0.5) is 0 Å². The number of ether oxygens (including phenoxy) is 1. The third-order valence-corrected chi connectivity index (χ3v) is 4.49. The molecule has 122 valence electrons. The van der Waals surface area contributed by atoms with Crippen LogP contribution in [-0.4, -0.2) is 21.6 Å². The molecule has 4 rings (SSSR count). The van der Waals surface area contributed by atoms with Gasteiger partial charge in [0.05, 0.1) is 23.7 Å². The van der Waals surface area contributed by atoms with Crippen LogP contribution in [0.15, 0.2) is 42.5 Å². The maximum Gasteiger partial charge on any atom is 0.160 e. The Balaban J connectivity index is 2.06. The number of methoxy groups -OCH3 is 1. The SMILES string of the molecule is COc1ccc2c(c1)c1nc3ccccc3nc1n2CCC(C)C. The minimum absolute atomic E-state index is 0.643. The van der Waals surface area contributed by atoms with Gasteiger partial charge in [-0.1, -0.05) is 26.0 Å². The van der Waals surface area contributed by atoms with Gasteiger partial charge < -0.3 is 9.30 Å². The van der Waals surface area contributed by atoms with Crippen molar-refractivity contribution in [1.82, 2.24) is 14.5 Å². The average molecular weight is 319 g/mol. The summed E-state index contributed by atoms with van der Waals surface area (Å²) in [6.07, 6.45) is 1.11. The van der Waals surface area contributed by atoms with Crippen LogP contribution in [0.5, 0.6) is 5.75 Å². The maximum absolute atomic E-state index is 5.41. The molecule has 2 aromatic carbocycles. The summed E-state index contributed by atoms with van der Waals surface area (Å²) < 4.78 is 7.70. The van der Waals surface area contributed by atoms with E-state index in [1.807, 2.05) is 30.3 Å². The summed E-state index contributed by atoms with van der Waals surface area (Å²) >= 11 is 0. The first-order valence-corrected chi connectivity index (χ1v) is 8.40. The highest BCUT2D eigenvalue weighted by molar-refractivity contribution is 6.06. The van der Waals surface area contributed by atoms with Gasteiger partial charge in [0.2, 0.25) is 0 Å². The molecule has 4 heteroatoms. The van der Waals surface area contributed by atoms with Gasteiger partial charge in [0, 0.05) is 11.9 Å². The molecule has 0 spiro atoms. The Hall–Kier alpha value is -2.62. The molecular weight excluding hydrogens is 298 g/mol. The van der Waals surface area contributed by atoms with E-state index in [2.05, 4.69) is 30.5 Å². The van der Waals surface area contributed by atoms with Crippen LogP contribution in [0.1, 0.15) is 20.3 Å². The molecule has 0 N–H and O–H groups in total. The topological polar surface area (TPSA) is 39.9 Å². The van der Waals surface area contributed by atoms with E-state index in [0.717, 1.165) is 46.3 Å². The van der Waals surface area contributed by atoms with E-state index >= 15 is 0 Å². The zero-order valence-electron chi connectivity index (χ0n) is 14.3. The molecule has 0 unspecified atom stereocenters. The molecule has 0 saturated heterocycles. The van der Waals surface area contributed by atoms with E-state index in [1.165, 1.54) is 5.52 Å². The Labute approximate surface area is 141 Å². The van der Waals surface area contributed by atoms with Crippen molar-refractivity contribution < 1.29 is 4.74 Å². The number of rotatable bonds is 4. The number of nitrogens with zero attached hydrogens (tertiary/aromatic N) is 3. The molecule has 2 aromatic heterocycles. The van der Waals surface area contributed by atoms with Crippen LogP contribution in [0.2, 0.25) is 0 Å². The molecule has 0 atom stereocenters. The summed E-state index contributed by atoms with van der Waals surface area (Å²) in [6, 6.07) is 14.2. The Morgan fingerprint density at radius 3 is 2.50 bits per heavy atom. The monoisotopic (exact) mass is 319 g/mol. The van der Waals surface area contributed by atoms with Gasteiger partial charge in [-0.3, -0.25) is 0 Å². The normalized spacial score (nSPS) is 11.8. The zero-order chi connectivity index (χ0) is 16.7. The molecule has 0 radical (unpaired) electrons. The second-order valence-electron chi connectivity index (χ2n) is 6.60. The first kappa shape index (κ1) is 14.9. The molecule has 0 fully saturated rings. The van der Waals surface area contributed by atoms with Gasteiger partial charge in [-0.2, -0.15) is 0 Å². The van der Waals surface area contributed by atoms with E-state index in [-0.39, 0.29) is 0 Å². The third kappa shape index (κ3) is 2.39. The number of para-hydroxylation sites is 2. The fourth-order valence-corrected chi connectivity index (χ4v) is 3.15. The summed E-state index contributed by atoms with van der Waals surface area (Å²) in [6.45, 7) is 5.44. The second kappa shape index (κ2) is 5.78. The predicted molar refractivity (Wildman–Crippen MR) is 98.5 cm³/mol. The number of aromatic nitrogens is 3. The molecule has 4 aromatic rings. The van der Waals surface area contributed by atoms with Crippen molar-refractivity contribution in [2.75, 3.05) is 7.11 Å². The van der Waals surface area contributed by atoms with Gasteiger partial charge in [0.15, 0.2) is 5.65 Å². The van der Waals surface area contributed by atoms with Crippen LogP contribution < -0.4 is 4.74 Å². The lowest BCUT2D eigenvalue weighted by atomic mass is 10.1. The van der Waals surface area contributed by atoms with Gasteiger partial charge in [-0.15, -0.1) is 0 Å². The van der Waals surface area contributed by atoms with Gasteiger partial charge >= 0.3 is 0 Å². The lowest BCUT2D eigenvalue weighted by Gasteiger charge is -2.09. The maximum atomic E-state index is 5.41. The van der Waals surface area contributed by atoms with E-state index in [9.17, 15) is 0 Å². The molecular formula is C20H21N3O. The van der Waals surface area contributed by atoms with Crippen molar-refractivity contribution >= 4 is 33.1 Å². The van der Waals surface area contributed by atoms with Gasteiger partial charge in [-0.05, 0) is 42.7 Å². The van der Waals surface area contributed by atoms with Crippen molar-refractivity contribution in [3.63, 3.8) is 0 Å².